The maximum atomic E-state index is 13.0. The number of para-hydroxylation sites is 2. The fourth-order valence-corrected chi connectivity index (χ4v) is 4.17. The molecule has 3 aromatic rings. The zero-order valence-corrected chi connectivity index (χ0v) is 17.8. The van der Waals surface area contributed by atoms with E-state index in [9.17, 15) is 9.59 Å². The van der Waals surface area contributed by atoms with Crippen molar-refractivity contribution in [3.05, 3.63) is 58.4 Å². The molecule has 0 aliphatic carbocycles. The van der Waals surface area contributed by atoms with Gasteiger partial charge >= 0.3 is 11.3 Å². The van der Waals surface area contributed by atoms with E-state index in [1.165, 1.54) is 18.7 Å². The molecule has 1 amide bonds. The Hall–Kier alpha value is -3.33. The fourth-order valence-electron chi connectivity index (χ4n) is 3.80. The van der Waals surface area contributed by atoms with Crippen LogP contribution in [0.25, 0.3) is 11.3 Å². The quantitative estimate of drug-likeness (QED) is 0.510. The van der Waals surface area contributed by atoms with E-state index in [-0.39, 0.29) is 11.5 Å². The SMILES string of the molecule is COc1cccc([C@@H]2N(C(C)=O)c3ccccc3-c3c(=O)[nH]c(SC)n[n+]32)c1OC. The van der Waals surface area contributed by atoms with Gasteiger partial charge in [0.1, 0.15) is 0 Å². The van der Waals surface area contributed by atoms with Crippen molar-refractivity contribution in [2.75, 3.05) is 25.4 Å². The number of amides is 1. The van der Waals surface area contributed by atoms with Crippen LogP contribution >= 0.6 is 11.8 Å². The predicted octanol–water partition coefficient (Wildman–Crippen LogP) is 2.38. The van der Waals surface area contributed by atoms with Gasteiger partial charge in [0.15, 0.2) is 11.5 Å². The number of aromatic nitrogens is 3. The Bertz CT molecular complexity index is 1190. The molecule has 1 aromatic heterocycles. The zero-order chi connectivity index (χ0) is 21.4. The van der Waals surface area contributed by atoms with Gasteiger partial charge in [0.05, 0.1) is 31.0 Å². The predicted molar refractivity (Wildman–Crippen MR) is 113 cm³/mol. The number of hydrogen-bond donors (Lipinski definition) is 1. The van der Waals surface area contributed by atoms with Crippen LogP contribution in [0.4, 0.5) is 5.69 Å². The number of rotatable bonds is 4. The van der Waals surface area contributed by atoms with E-state index >= 15 is 0 Å². The van der Waals surface area contributed by atoms with E-state index < -0.39 is 6.17 Å². The normalized spacial score (nSPS) is 14.7. The number of carbonyl (C=O) groups excluding carboxylic acids is 1. The average Bonchev–Trinajstić information content (AvgIpc) is 2.76. The fraction of sp³-hybridized carbons (Fsp3) is 0.238. The Balaban J connectivity index is 2.12. The van der Waals surface area contributed by atoms with E-state index in [1.807, 2.05) is 42.7 Å². The number of ether oxygens (including phenoxy) is 2. The molecule has 4 rings (SSSR count). The highest BCUT2D eigenvalue weighted by Gasteiger charge is 2.46. The van der Waals surface area contributed by atoms with Crippen molar-refractivity contribution < 1.29 is 19.0 Å². The number of anilines is 1. The average molecular weight is 425 g/mol. The van der Waals surface area contributed by atoms with Crippen LogP contribution in [0.2, 0.25) is 0 Å². The van der Waals surface area contributed by atoms with Crippen LogP contribution in [0.3, 0.4) is 0 Å². The third-order valence-corrected chi connectivity index (χ3v) is 5.57. The minimum absolute atomic E-state index is 0.191. The number of hydrogen-bond acceptors (Lipinski definition) is 6. The molecular formula is C21H21N4O4S+. The molecule has 0 saturated carbocycles. The maximum Gasteiger partial charge on any atom is 0.325 e. The summed E-state index contributed by atoms with van der Waals surface area (Å²) in [6, 6.07) is 12.7. The third kappa shape index (κ3) is 3.02. The maximum absolute atomic E-state index is 13.0. The first-order valence-corrected chi connectivity index (χ1v) is 10.4. The summed E-state index contributed by atoms with van der Waals surface area (Å²) in [7, 11) is 3.09. The van der Waals surface area contributed by atoms with Crippen molar-refractivity contribution in [2.24, 2.45) is 0 Å². The number of benzene rings is 2. The zero-order valence-electron chi connectivity index (χ0n) is 17.0. The largest absolute Gasteiger partial charge is 0.493 e. The number of aromatic amines is 1. The Kier molecular flexibility index (Phi) is 5.21. The molecule has 0 bridgehead atoms. The van der Waals surface area contributed by atoms with Gasteiger partial charge in [0.25, 0.3) is 6.17 Å². The number of thioether (sulfide) groups is 1. The summed E-state index contributed by atoms with van der Waals surface area (Å²) >= 11 is 1.31. The van der Waals surface area contributed by atoms with Crippen molar-refractivity contribution in [3.8, 4) is 22.8 Å². The molecule has 0 radical (unpaired) electrons. The van der Waals surface area contributed by atoms with Crippen molar-refractivity contribution in [1.29, 1.82) is 0 Å². The molecule has 1 N–H and O–H groups in total. The summed E-state index contributed by atoms with van der Waals surface area (Å²) in [6.45, 7) is 1.49. The molecule has 0 saturated heterocycles. The summed E-state index contributed by atoms with van der Waals surface area (Å²) in [5, 5.41) is 5.09. The van der Waals surface area contributed by atoms with Gasteiger partial charge in [0, 0.05) is 12.0 Å². The van der Waals surface area contributed by atoms with Gasteiger partial charge in [-0.3, -0.25) is 14.6 Å². The van der Waals surface area contributed by atoms with Crippen molar-refractivity contribution >= 4 is 23.4 Å². The second-order valence-electron chi connectivity index (χ2n) is 6.62. The van der Waals surface area contributed by atoms with Crippen molar-refractivity contribution in [3.63, 3.8) is 0 Å². The summed E-state index contributed by atoms with van der Waals surface area (Å²) in [6.07, 6.45) is 1.09. The second kappa shape index (κ2) is 7.83. The number of methoxy groups -OCH3 is 2. The first kappa shape index (κ1) is 20.0. The smallest absolute Gasteiger partial charge is 0.325 e. The highest BCUT2D eigenvalue weighted by atomic mass is 32.2. The van der Waals surface area contributed by atoms with Crippen LogP contribution in [0.15, 0.2) is 52.4 Å². The Morgan fingerprint density at radius 3 is 2.60 bits per heavy atom. The lowest BCUT2D eigenvalue weighted by molar-refractivity contribution is -0.763. The molecule has 1 atom stereocenters. The third-order valence-electron chi connectivity index (χ3n) is 5.00. The molecular weight excluding hydrogens is 404 g/mol. The number of fused-ring (bicyclic) bond motifs is 3. The molecule has 0 fully saturated rings. The summed E-state index contributed by atoms with van der Waals surface area (Å²) in [5.74, 6) is 0.805. The molecule has 0 spiro atoms. The van der Waals surface area contributed by atoms with Crippen LogP contribution in [0, 0.1) is 0 Å². The molecule has 154 valence electrons. The summed E-state index contributed by atoms with van der Waals surface area (Å²) < 4.78 is 12.7. The molecule has 0 unspecified atom stereocenters. The Labute approximate surface area is 177 Å². The minimum Gasteiger partial charge on any atom is -0.493 e. The van der Waals surface area contributed by atoms with E-state index in [2.05, 4.69) is 10.1 Å². The topological polar surface area (TPSA) is 88.4 Å². The van der Waals surface area contributed by atoms with Gasteiger partial charge in [-0.15, -0.1) is 0 Å². The Morgan fingerprint density at radius 2 is 1.93 bits per heavy atom. The van der Waals surface area contributed by atoms with Crippen LogP contribution in [-0.4, -0.2) is 36.5 Å². The van der Waals surface area contributed by atoms with E-state index in [0.717, 1.165) is 0 Å². The van der Waals surface area contributed by atoms with E-state index in [0.29, 0.717) is 39.2 Å². The van der Waals surface area contributed by atoms with Gasteiger partial charge in [0.2, 0.25) is 11.1 Å². The molecule has 8 nitrogen and oxygen atoms in total. The molecule has 30 heavy (non-hydrogen) atoms. The first-order chi connectivity index (χ1) is 14.5. The van der Waals surface area contributed by atoms with Gasteiger partial charge in [-0.05, 0) is 35.2 Å². The van der Waals surface area contributed by atoms with Gasteiger partial charge in [-0.2, -0.15) is 0 Å². The number of H-pyrrole nitrogens is 1. The highest BCUT2D eigenvalue weighted by molar-refractivity contribution is 7.98. The van der Waals surface area contributed by atoms with Crippen molar-refractivity contribution in [2.45, 2.75) is 18.2 Å². The first-order valence-electron chi connectivity index (χ1n) is 9.22. The van der Waals surface area contributed by atoms with Crippen LogP contribution in [0.5, 0.6) is 11.5 Å². The summed E-state index contributed by atoms with van der Waals surface area (Å²) in [5.41, 5.74) is 2.00. The highest BCUT2D eigenvalue weighted by Crippen LogP contribution is 2.42. The molecule has 1 aliphatic heterocycles. The molecule has 2 heterocycles. The number of carbonyl (C=O) groups is 1. The standard InChI is InChI=1S/C21H20N4O4S/c1-12(26)24-15-10-6-5-8-13(15)17-19(27)22-21(30-4)23-25(17)20(24)14-9-7-11-16(28-2)18(14)29-3/h5-11,20H,1-4H3/p+1/t20-/m1/s1. The Morgan fingerprint density at radius 1 is 1.17 bits per heavy atom. The second-order valence-corrected chi connectivity index (χ2v) is 7.41. The minimum atomic E-state index is -0.731. The lowest BCUT2D eigenvalue weighted by Gasteiger charge is -2.32. The summed E-state index contributed by atoms with van der Waals surface area (Å²) in [4.78, 5) is 30.3. The van der Waals surface area contributed by atoms with Crippen LogP contribution in [-0.2, 0) is 4.79 Å². The van der Waals surface area contributed by atoms with Gasteiger partial charge in [-0.1, -0.05) is 30.0 Å². The van der Waals surface area contributed by atoms with Gasteiger partial charge in [-0.25, -0.2) is 4.90 Å². The lowest BCUT2D eigenvalue weighted by atomic mass is 10.0. The molecule has 2 aromatic carbocycles. The van der Waals surface area contributed by atoms with Crippen LogP contribution in [0.1, 0.15) is 18.7 Å². The van der Waals surface area contributed by atoms with Gasteiger partial charge < -0.3 is 9.47 Å². The number of nitrogens with one attached hydrogen (secondary N) is 1. The number of nitrogens with zero attached hydrogens (tertiary/aromatic N) is 3. The van der Waals surface area contributed by atoms with E-state index in [4.69, 9.17) is 9.47 Å². The lowest BCUT2D eigenvalue weighted by Crippen LogP contribution is -2.60. The van der Waals surface area contributed by atoms with Crippen LogP contribution < -0.4 is 24.6 Å². The van der Waals surface area contributed by atoms with Crippen molar-refractivity contribution in [1.82, 2.24) is 10.1 Å². The monoisotopic (exact) mass is 425 g/mol. The molecule has 9 heteroatoms. The van der Waals surface area contributed by atoms with E-state index in [1.54, 1.807) is 29.9 Å². The molecule has 1 aliphatic rings.